The number of benzene rings is 2. The molecule has 1 aromatic heterocycles. The second-order valence-electron chi connectivity index (χ2n) is 7.10. The molecule has 7 heteroatoms. The van der Waals surface area contributed by atoms with Gasteiger partial charge in [0.25, 0.3) is 0 Å². The summed E-state index contributed by atoms with van der Waals surface area (Å²) < 4.78 is 1.84. The Kier molecular flexibility index (Phi) is 6.63. The third-order valence-electron chi connectivity index (χ3n) is 5.02. The highest BCUT2D eigenvalue weighted by Crippen LogP contribution is 2.29. The van der Waals surface area contributed by atoms with Gasteiger partial charge in [-0.05, 0) is 57.6 Å². The van der Waals surface area contributed by atoms with Gasteiger partial charge in [-0.3, -0.25) is 9.69 Å². The summed E-state index contributed by atoms with van der Waals surface area (Å²) in [4.78, 5) is 14.6. The number of likely N-dealkylation sites (N-methyl/N-ethyl adjacent to an activating group) is 1. The average molecular weight is 431 g/mol. The van der Waals surface area contributed by atoms with E-state index in [-0.39, 0.29) is 18.5 Å². The van der Waals surface area contributed by atoms with Crippen LogP contribution in [0.5, 0.6) is 0 Å². The molecular formula is C22H24Cl2N4O. The van der Waals surface area contributed by atoms with Crippen LogP contribution < -0.4 is 5.32 Å². The first-order valence-electron chi connectivity index (χ1n) is 9.34. The number of nitrogens with one attached hydrogen (secondary N) is 1. The Labute approximate surface area is 181 Å². The zero-order chi connectivity index (χ0) is 21.1. The van der Waals surface area contributed by atoms with Crippen LogP contribution in [0.1, 0.15) is 29.9 Å². The predicted octanol–water partition coefficient (Wildman–Crippen LogP) is 5.43. The van der Waals surface area contributed by atoms with Crippen LogP contribution in [0.4, 0.5) is 5.69 Å². The van der Waals surface area contributed by atoms with Gasteiger partial charge < -0.3 is 5.32 Å². The molecule has 0 aliphatic heterocycles. The number of aryl methyl sites for hydroxylation is 1. The predicted molar refractivity (Wildman–Crippen MR) is 119 cm³/mol. The van der Waals surface area contributed by atoms with E-state index in [4.69, 9.17) is 23.2 Å². The lowest BCUT2D eigenvalue weighted by molar-refractivity contribution is -0.117. The lowest BCUT2D eigenvalue weighted by Gasteiger charge is -2.25. The van der Waals surface area contributed by atoms with Crippen LogP contribution in [-0.4, -0.2) is 34.2 Å². The number of aromatic nitrogens is 2. The van der Waals surface area contributed by atoms with Crippen LogP contribution in [0.3, 0.4) is 0 Å². The minimum Gasteiger partial charge on any atom is -0.322 e. The largest absolute Gasteiger partial charge is 0.322 e. The van der Waals surface area contributed by atoms with Crippen LogP contribution in [0.15, 0.2) is 48.5 Å². The molecule has 1 atom stereocenters. The normalized spacial score (nSPS) is 12.2. The minimum atomic E-state index is -0.108. The van der Waals surface area contributed by atoms with Crippen molar-refractivity contribution in [3.05, 3.63) is 75.5 Å². The zero-order valence-electron chi connectivity index (χ0n) is 16.9. The molecule has 1 heterocycles. The van der Waals surface area contributed by atoms with E-state index in [0.717, 1.165) is 28.3 Å². The van der Waals surface area contributed by atoms with Gasteiger partial charge in [0, 0.05) is 16.1 Å². The summed E-state index contributed by atoms with van der Waals surface area (Å²) in [5.41, 5.74) is 4.28. The second-order valence-corrected chi connectivity index (χ2v) is 7.94. The van der Waals surface area contributed by atoms with Gasteiger partial charge in [-0.2, -0.15) is 5.10 Å². The Morgan fingerprint density at radius 1 is 1.17 bits per heavy atom. The van der Waals surface area contributed by atoms with Gasteiger partial charge in [-0.15, -0.1) is 0 Å². The van der Waals surface area contributed by atoms with Gasteiger partial charge in [-0.25, -0.2) is 4.68 Å². The van der Waals surface area contributed by atoms with Crippen molar-refractivity contribution in [1.29, 1.82) is 0 Å². The number of anilines is 1. The number of hydrogen-bond donors (Lipinski definition) is 1. The van der Waals surface area contributed by atoms with Crippen molar-refractivity contribution in [2.24, 2.45) is 0 Å². The number of nitrogens with zero attached hydrogens (tertiary/aromatic N) is 3. The van der Waals surface area contributed by atoms with Crippen molar-refractivity contribution in [3.8, 4) is 5.69 Å². The van der Waals surface area contributed by atoms with Gasteiger partial charge in [0.15, 0.2) is 0 Å². The molecule has 2 aromatic carbocycles. The molecule has 1 N–H and O–H groups in total. The molecule has 3 aromatic rings. The Morgan fingerprint density at radius 3 is 2.52 bits per heavy atom. The summed E-state index contributed by atoms with van der Waals surface area (Å²) in [6.45, 7) is 6.06. The van der Waals surface area contributed by atoms with Crippen LogP contribution in [0.2, 0.25) is 10.0 Å². The van der Waals surface area contributed by atoms with Crippen molar-refractivity contribution in [2.45, 2.75) is 26.8 Å². The summed E-state index contributed by atoms with van der Waals surface area (Å²) in [6.07, 6.45) is 0. The summed E-state index contributed by atoms with van der Waals surface area (Å²) in [5.74, 6) is -0.108. The van der Waals surface area contributed by atoms with Crippen molar-refractivity contribution >= 4 is 34.8 Å². The fraction of sp³-hybridized carbons (Fsp3) is 0.273. The number of carbonyl (C=O) groups is 1. The number of amides is 1. The third-order valence-corrected chi connectivity index (χ3v) is 5.59. The first-order valence-corrected chi connectivity index (χ1v) is 10.1. The molecule has 0 saturated heterocycles. The van der Waals surface area contributed by atoms with E-state index >= 15 is 0 Å². The van der Waals surface area contributed by atoms with E-state index < -0.39 is 0 Å². The minimum absolute atomic E-state index is 0.0419. The van der Waals surface area contributed by atoms with E-state index in [9.17, 15) is 4.79 Å². The number of hydrogen-bond acceptors (Lipinski definition) is 3. The second kappa shape index (κ2) is 8.99. The summed E-state index contributed by atoms with van der Waals surface area (Å²) >= 11 is 12.3. The molecule has 1 amide bonds. The first kappa shape index (κ1) is 21.4. The van der Waals surface area contributed by atoms with Gasteiger partial charge in [0.2, 0.25) is 5.91 Å². The Hall–Kier alpha value is -2.34. The number of rotatable bonds is 6. The Balaban J connectivity index is 1.71. The van der Waals surface area contributed by atoms with E-state index in [1.165, 1.54) is 0 Å². The molecule has 1 unspecified atom stereocenters. The summed E-state index contributed by atoms with van der Waals surface area (Å²) in [5, 5.41) is 8.77. The molecular weight excluding hydrogens is 407 g/mol. The summed E-state index contributed by atoms with van der Waals surface area (Å²) in [6, 6.07) is 15.2. The van der Waals surface area contributed by atoms with E-state index in [0.29, 0.717) is 10.0 Å². The molecule has 0 aliphatic carbocycles. The number of para-hydroxylation sites is 1. The molecule has 5 nitrogen and oxygen atoms in total. The fourth-order valence-electron chi connectivity index (χ4n) is 3.26. The van der Waals surface area contributed by atoms with Gasteiger partial charge in [-0.1, -0.05) is 47.5 Å². The molecule has 0 saturated carbocycles. The average Bonchev–Trinajstić information content (AvgIpc) is 2.96. The fourth-order valence-corrected chi connectivity index (χ4v) is 3.83. The number of halogens is 2. The zero-order valence-corrected chi connectivity index (χ0v) is 18.4. The van der Waals surface area contributed by atoms with Gasteiger partial charge in [0.05, 0.1) is 29.3 Å². The molecule has 0 aliphatic rings. The van der Waals surface area contributed by atoms with Crippen molar-refractivity contribution in [1.82, 2.24) is 14.7 Å². The standard InChI is InChI=1S/C22H24Cl2N4O/c1-14-22(16(3)28(26-14)18-8-6-5-7-9-18)25-21(29)13-27(4)15(2)19-11-10-17(23)12-20(19)24/h5-12,15H,13H2,1-4H3,(H,25,29). The topological polar surface area (TPSA) is 50.2 Å². The van der Waals surface area contributed by atoms with Crippen molar-refractivity contribution in [2.75, 3.05) is 18.9 Å². The monoisotopic (exact) mass is 430 g/mol. The van der Waals surface area contributed by atoms with Crippen LogP contribution in [0, 0.1) is 13.8 Å². The maximum atomic E-state index is 12.7. The molecule has 0 spiro atoms. The maximum absolute atomic E-state index is 12.7. The molecule has 0 bridgehead atoms. The SMILES string of the molecule is Cc1nn(-c2ccccc2)c(C)c1NC(=O)CN(C)C(C)c1ccc(Cl)cc1Cl. The summed E-state index contributed by atoms with van der Waals surface area (Å²) in [7, 11) is 1.89. The molecule has 0 radical (unpaired) electrons. The molecule has 0 fully saturated rings. The quantitative estimate of drug-likeness (QED) is 0.567. The molecule has 3 rings (SSSR count). The van der Waals surface area contributed by atoms with Gasteiger partial charge >= 0.3 is 0 Å². The number of carbonyl (C=O) groups excluding carboxylic acids is 1. The van der Waals surface area contributed by atoms with E-state index in [2.05, 4.69) is 10.4 Å². The first-order chi connectivity index (χ1) is 13.8. The third kappa shape index (κ3) is 4.81. The molecule has 152 valence electrons. The highest BCUT2D eigenvalue weighted by molar-refractivity contribution is 6.35. The van der Waals surface area contributed by atoms with E-state index in [1.54, 1.807) is 12.1 Å². The highest BCUT2D eigenvalue weighted by Gasteiger charge is 2.20. The van der Waals surface area contributed by atoms with Crippen molar-refractivity contribution in [3.63, 3.8) is 0 Å². The van der Waals surface area contributed by atoms with Crippen LogP contribution in [-0.2, 0) is 4.79 Å². The van der Waals surface area contributed by atoms with E-state index in [1.807, 2.05) is 73.8 Å². The maximum Gasteiger partial charge on any atom is 0.238 e. The van der Waals surface area contributed by atoms with Gasteiger partial charge in [0.1, 0.15) is 0 Å². The Morgan fingerprint density at radius 2 is 1.86 bits per heavy atom. The van der Waals surface area contributed by atoms with Crippen LogP contribution >= 0.6 is 23.2 Å². The van der Waals surface area contributed by atoms with Crippen LogP contribution in [0.25, 0.3) is 5.69 Å². The highest BCUT2D eigenvalue weighted by atomic mass is 35.5. The Bertz CT molecular complexity index is 1020. The lowest BCUT2D eigenvalue weighted by atomic mass is 10.1. The lowest BCUT2D eigenvalue weighted by Crippen LogP contribution is -2.32. The smallest absolute Gasteiger partial charge is 0.238 e. The van der Waals surface area contributed by atoms with Crippen molar-refractivity contribution < 1.29 is 4.79 Å². The molecule has 29 heavy (non-hydrogen) atoms.